The van der Waals surface area contributed by atoms with Crippen LogP contribution in [0.3, 0.4) is 0 Å². The molecule has 0 heterocycles. The zero-order chi connectivity index (χ0) is 13.1. The Morgan fingerprint density at radius 2 is 1.50 bits per heavy atom. The molecule has 5 heteroatoms. The van der Waals surface area contributed by atoms with Gasteiger partial charge in [-0.05, 0) is 30.3 Å². The summed E-state index contributed by atoms with van der Waals surface area (Å²) in [5.41, 5.74) is 1.08. The van der Waals surface area contributed by atoms with Crippen LogP contribution >= 0.6 is 34.8 Å². The van der Waals surface area contributed by atoms with Crippen molar-refractivity contribution in [3.8, 4) is 0 Å². The zero-order valence-electron chi connectivity index (χ0n) is 9.11. The quantitative estimate of drug-likeness (QED) is 0.335. The van der Waals surface area contributed by atoms with E-state index in [1.807, 2.05) is 0 Å². The van der Waals surface area contributed by atoms with Crippen LogP contribution in [0.4, 0.5) is 5.69 Å². The SMILES string of the molecule is [O-]/[N+](=C\c1ccc(Cl)cc1Cl)c1ccc(Cl)cc1. The molecule has 0 radical (unpaired) electrons. The fraction of sp³-hybridized carbons (Fsp3) is 0. The third-order valence-corrected chi connectivity index (χ3v) is 3.11. The highest BCUT2D eigenvalue weighted by Gasteiger charge is 2.05. The first kappa shape index (κ1) is 13.2. The summed E-state index contributed by atoms with van der Waals surface area (Å²) in [6, 6.07) is 11.5. The van der Waals surface area contributed by atoms with E-state index in [1.54, 1.807) is 42.5 Å². The van der Waals surface area contributed by atoms with E-state index in [1.165, 1.54) is 6.21 Å². The maximum atomic E-state index is 11.9. The van der Waals surface area contributed by atoms with Crippen molar-refractivity contribution < 1.29 is 4.74 Å². The van der Waals surface area contributed by atoms with Crippen LogP contribution in [0.2, 0.25) is 15.1 Å². The van der Waals surface area contributed by atoms with Crippen LogP contribution in [0, 0.1) is 5.21 Å². The van der Waals surface area contributed by atoms with Gasteiger partial charge in [-0.25, -0.2) is 0 Å². The van der Waals surface area contributed by atoms with Crippen LogP contribution in [0.25, 0.3) is 0 Å². The van der Waals surface area contributed by atoms with E-state index in [0.717, 1.165) is 4.74 Å². The third kappa shape index (κ3) is 3.16. The summed E-state index contributed by atoms with van der Waals surface area (Å²) in [5, 5.41) is 13.4. The summed E-state index contributed by atoms with van der Waals surface area (Å²) in [6.07, 6.45) is 1.39. The van der Waals surface area contributed by atoms with Gasteiger partial charge in [0.15, 0.2) is 6.21 Å². The minimum absolute atomic E-state index is 0.428. The molecular formula is C13H8Cl3NO. The Labute approximate surface area is 120 Å². The average Bonchev–Trinajstić information content (AvgIpc) is 2.33. The first-order chi connectivity index (χ1) is 8.56. The standard InChI is InChI=1S/C13H8Cl3NO/c14-10-3-5-12(6-4-10)17(18)8-9-1-2-11(15)7-13(9)16/h1-8H/b17-8-. The first-order valence-electron chi connectivity index (χ1n) is 5.08. The lowest BCUT2D eigenvalue weighted by Crippen LogP contribution is -1.99. The maximum Gasteiger partial charge on any atom is 0.216 e. The van der Waals surface area contributed by atoms with Crippen molar-refractivity contribution >= 4 is 46.7 Å². The summed E-state index contributed by atoms with van der Waals surface area (Å²) in [6.45, 7) is 0. The molecule has 0 fully saturated rings. The predicted octanol–water partition coefficient (Wildman–Crippen LogP) is 4.91. The highest BCUT2D eigenvalue weighted by atomic mass is 35.5. The van der Waals surface area contributed by atoms with Gasteiger partial charge in [-0.3, -0.25) is 0 Å². The molecule has 0 amide bonds. The molecule has 92 valence electrons. The zero-order valence-corrected chi connectivity index (χ0v) is 11.4. The average molecular weight is 301 g/mol. The second-order valence-electron chi connectivity index (χ2n) is 3.60. The van der Waals surface area contributed by atoms with Crippen molar-refractivity contribution in [3.05, 3.63) is 68.3 Å². The number of rotatable bonds is 2. The molecule has 0 atom stereocenters. The van der Waals surface area contributed by atoms with Crippen LogP contribution in [0.5, 0.6) is 0 Å². The molecular weight excluding hydrogens is 293 g/mol. The van der Waals surface area contributed by atoms with Gasteiger partial charge in [-0.2, -0.15) is 4.74 Å². The lowest BCUT2D eigenvalue weighted by molar-refractivity contribution is -0.354. The largest absolute Gasteiger partial charge is 0.618 e. The predicted molar refractivity (Wildman–Crippen MR) is 76.4 cm³/mol. The van der Waals surface area contributed by atoms with Gasteiger partial charge in [0.05, 0.1) is 10.6 Å². The molecule has 0 saturated heterocycles. The Hall–Kier alpha value is -1.22. The van der Waals surface area contributed by atoms with Crippen molar-refractivity contribution in [1.29, 1.82) is 0 Å². The summed E-state index contributed by atoms with van der Waals surface area (Å²) in [4.78, 5) is 0. The second kappa shape index (κ2) is 5.61. The third-order valence-electron chi connectivity index (χ3n) is 2.30. The fourth-order valence-electron chi connectivity index (χ4n) is 1.40. The van der Waals surface area contributed by atoms with Crippen LogP contribution in [0.15, 0.2) is 42.5 Å². The van der Waals surface area contributed by atoms with E-state index in [0.29, 0.717) is 26.3 Å². The van der Waals surface area contributed by atoms with Crippen molar-refractivity contribution in [3.63, 3.8) is 0 Å². The smallest absolute Gasteiger partial charge is 0.216 e. The van der Waals surface area contributed by atoms with Gasteiger partial charge >= 0.3 is 0 Å². The molecule has 2 nitrogen and oxygen atoms in total. The second-order valence-corrected chi connectivity index (χ2v) is 4.88. The summed E-state index contributed by atoms with van der Waals surface area (Å²) >= 11 is 17.5. The highest BCUT2D eigenvalue weighted by Crippen LogP contribution is 2.21. The van der Waals surface area contributed by atoms with Gasteiger partial charge in [0.25, 0.3) is 0 Å². The number of benzene rings is 2. The van der Waals surface area contributed by atoms with Crippen LogP contribution in [0.1, 0.15) is 5.56 Å². The fourth-order valence-corrected chi connectivity index (χ4v) is 1.98. The highest BCUT2D eigenvalue weighted by molar-refractivity contribution is 6.36. The molecule has 2 aromatic rings. The number of halogens is 3. The molecule has 0 aromatic heterocycles. The van der Waals surface area contributed by atoms with Gasteiger partial charge in [0.1, 0.15) is 0 Å². The van der Waals surface area contributed by atoms with Gasteiger partial charge in [-0.15, -0.1) is 0 Å². The number of hydrogen-bond acceptors (Lipinski definition) is 1. The molecule has 0 aliphatic rings. The molecule has 0 unspecified atom stereocenters. The first-order valence-corrected chi connectivity index (χ1v) is 6.21. The molecule has 0 aliphatic carbocycles. The van der Waals surface area contributed by atoms with E-state index in [4.69, 9.17) is 34.8 Å². The van der Waals surface area contributed by atoms with Crippen molar-refractivity contribution in [2.24, 2.45) is 0 Å². The Bertz CT molecular complexity index is 594. The van der Waals surface area contributed by atoms with Gasteiger partial charge < -0.3 is 5.21 Å². The Morgan fingerprint density at radius 3 is 2.11 bits per heavy atom. The van der Waals surface area contributed by atoms with Crippen LogP contribution in [-0.4, -0.2) is 11.0 Å². The van der Waals surface area contributed by atoms with E-state index < -0.39 is 0 Å². The van der Waals surface area contributed by atoms with E-state index >= 15 is 0 Å². The van der Waals surface area contributed by atoms with E-state index in [9.17, 15) is 5.21 Å². The minimum atomic E-state index is 0.428. The summed E-state index contributed by atoms with van der Waals surface area (Å²) < 4.78 is 0.728. The van der Waals surface area contributed by atoms with Crippen molar-refractivity contribution in [1.82, 2.24) is 0 Å². The summed E-state index contributed by atoms with van der Waals surface area (Å²) in [5.74, 6) is 0. The number of nitrogens with zero attached hydrogens (tertiary/aromatic N) is 1. The molecule has 2 rings (SSSR count). The molecule has 0 saturated carbocycles. The van der Waals surface area contributed by atoms with Crippen LogP contribution in [-0.2, 0) is 0 Å². The van der Waals surface area contributed by atoms with Crippen LogP contribution < -0.4 is 0 Å². The van der Waals surface area contributed by atoms with E-state index in [-0.39, 0.29) is 0 Å². The van der Waals surface area contributed by atoms with Crippen molar-refractivity contribution in [2.45, 2.75) is 0 Å². The molecule has 0 spiro atoms. The molecule has 2 aromatic carbocycles. The molecule has 18 heavy (non-hydrogen) atoms. The van der Waals surface area contributed by atoms with Crippen molar-refractivity contribution in [2.75, 3.05) is 0 Å². The monoisotopic (exact) mass is 299 g/mol. The summed E-state index contributed by atoms with van der Waals surface area (Å²) in [7, 11) is 0. The van der Waals surface area contributed by atoms with Gasteiger partial charge in [0, 0.05) is 22.2 Å². The van der Waals surface area contributed by atoms with E-state index in [2.05, 4.69) is 0 Å². The molecule has 0 N–H and O–H groups in total. The van der Waals surface area contributed by atoms with Gasteiger partial charge in [0.2, 0.25) is 5.69 Å². The molecule has 0 bridgehead atoms. The maximum absolute atomic E-state index is 11.9. The Kier molecular flexibility index (Phi) is 4.12. The lowest BCUT2D eigenvalue weighted by atomic mass is 10.2. The topological polar surface area (TPSA) is 26.1 Å². The number of hydrogen-bond donors (Lipinski definition) is 0. The minimum Gasteiger partial charge on any atom is -0.618 e. The Morgan fingerprint density at radius 1 is 0.889 bits per heavy atom. The normalized spacial score (nSPS) is 11.6. The Balaban J connectivity index is 2.35. The lowest BCUT2D eigenvalue weighted by Gasteiger charge is -2.04. The van der Waals surface area contributed by atoms with Gasteiger partial charge in [-0.1, -0.05) is 34.8 Å². The molecule has 0 aliphatic heterocycles.